The molecule has 0 spiro atoms. The summed E-state index contributed by atoms with van der Waals surface area (Å²) in [5.74, 6) is -2.21. The van der Waals surface area contributed by atoms with Crippen LogP contribution in [-0.2, 0) is 16.0 Å². The molecule has 2 aromatic rings. The minimum absolute atomic E-state index is 0.0429. The van der Waals surface area contributed by atoms with Crippen LogP contribution in [0.1, 0.15) is 23.6 Å². The van der Waals surface area contributed by atoms with Gasteiger partial charge < -0.3 is 15.3 Å². The van der Waals surface area contributed by atoms with Gasteiger partial charge in [-0.25, -0.2) is 4.39 Å². The largest absolute Gasteiger partial charge is 0.503 e. The monoisotopic (exact) mass is 436 g/mol. The fourth-order valence-corrected chi connectivity index (χ4v) is 3.60. The third-order valence-corrected chi connectivity index (χ3v) is 5.52. The number of nitrogens with zero attached hydrogens (tertiary/aromatic N) is 1. The maximum atomic E-state index is 13.2. The minimum Gasteiger partial charge on any atom is -0.503 e. The van der Waals surface area contributed by atoms with Gasteiger partial charge in [0, 0.05) is 13.6 Å². The molecule has 3 rings (SSSR count). The highest BCUT2D eigenvalue weighted by Crippen LogP contribution is 2.36. The first-order valence-corrected chi connectivity index (χ1v) is 9.73. The van der Waals surface area contributed by atoms with Crippen molar-refractivity contribution in [3.05, 3.63) is 80.8 Å². The van der Waals surface area contributed by atoms with E-state index in [1.807, 2.05) is 6.07 Å². The topological polar surface area (TPSA) is 69.6 Å². The van der Waals surface area contributed by atoms with Crippen LogP contribution in [0.15, 0.2) is 53.8 Å². The van der Waals surface area contributed by atoms with Crippen molar-refractivity contribution in [2.45, 2.75) is 18.9 Å². The summed E-state index contributed by atoms with van der Waals surface area (Å²) in [6.07, 6.45) is 1.30. The summed E-state index contributed by atoms with van der Waals surface area (Å²) in [6, 6.07) is 10.0. The van der Waals surface area contributed by atoms with Crippen molar-refractivity contribution in [2.24, 2.45) is 0 Å². The molecule has 0 fully saturated rings. The second kappa shape index (κ2) is 8.84. The van der Waals surface area contributed by atoms with E-state index in [0.29, 0.717) is 35.0 Å². The molecule has 152 valence electrons. The number of aliphatic hydroxyl groups excluding tert-OH is 1. The second-order valence-corrected chi connectivity index (χ2v) is 7.55. The van der Waals surface area contributed by atoms with E-state index >= 15 is 0 Å². The number of amides is 2. The Hall–Kier alpha value is -2.57. The van der Waals surface area contributed by atoms with Crippen molar-refractivity contribution in [2.75, 3.05) is 13.6 Å². The van der Waals surface area contributed by atoms with E-state index in [1.54, 1.807) is 12.1 Å². The first kappa shape index (κ1) is 21.1. The van der Waals surface area contributed by atoms with Crippen molar-refractivity contribution in [3.63, 3.8) is 0 Å². The zero-order valence-corrected chi connectivity index (χ0v) is 17.1. The minimum atomic E-state index is -0.779. The molecule has 0 aromatic heterocycles. The van der Waals surface area contributed by atoms with E-state index in [2.05, 4.69) is 5.32 Å². The highest BCUT2D eigenvalue weighted by molar-refractivity contribution is 6.42. The average molecular weight is 437 g/mol. The summed E-state index contributed by atoms with van der Waals surface area (Å²) in [6.45, 7) is 0.337. The second-order valence-electron chi connectivity index (χ2n) is 6.74. The number of halogens is 3. The number of hydrogen-bond acceptors (Lipinski definition) is 3. The van der Waals surface area contributed by atoms with Crippen LogP contribution in [0, 0.1) is 5.82 Å². The Kier molecular flexibility index (Phi) is 6.45. The third kappa shape index (κ3) is 4.54. The van der Waals surface area contributed by atoms with E-state index in [1.165, 1.54) is 36.2 Å². The lowest BCUT2D eigenvalue weighted by Gasteiger charge is -2.22. The van der Waals surface area contributed by atoms with Crippen LogP contribution in [0.4, 0.5) is 4.39 Å². The Balaban J connectivity index is 1.66. The molecule has 1 aliphatic heterocycles. The molecule has 0 aliphatic carbocycles. The number of carbonyl (C=O) groups excluding carboxylic acids is 2. The van der Waals surface area contributed by atoms with Crippen LogP contribution >= 0.6 is 23.2 Å². The van der Waals surface area contributed by atoms with Crippen LogP contribution in [0.25, 0.3) is 0 Å². The van der Waals surface area contributed by atoms with Gasteiger partial charge in [0.15, 0.2) is 5.76 Å². The summed E-state index contributed by atoms with van der Waals surface area (Å²) in [4.78, 5) is 26.1. The van der Waals surface area contributed by atoms with Crippen molar-refractivity contribution in [3.8, 4) is 0 Å². The Bertz CT molecular complexity index is 976. The van der Waals surface area contributed by atoms with Crippen LogP contribution in [-0.4, -0.2) is 35.4 Å². The molecular formula is C21H19Cl2FN2O3. The molecule has 1 aliphatic rings. The highest BCUT2D eigenvalue weighted by atomic mass is 35.5. The predicted molar refractivity (Wildman–Crippen MR) is 109 cm³/mol. The number of hydrogen-bond donors (Lipinski definition) is 2. The molecule has 1 unspecified atom stereocenters. The molecule has 0 saturated heterocycles. The van der Waals surface area contributed by atoms with E-state index in [4.69, 9.17) is 23.2 Å². The number of benzene rings is 2. The lowest BCUT2D eigenvalue weighted by molar-refractivity contribution is -0.128. The normalized spacial score (nSPS) is 16.5. The van der Waals surface area contributed by atoms with Crippen molar-refractivity contribution >= 4 is 35.0 Å². The Labute approximate surface area is 177 Å². The SMILES string of the molecule is CN1C(=O)C(O)=C(C(=O)NCCCc2ccc(Cl)c(Cl)c2)C1c1ccc(F)cc1. The smallest absolute Gasteiger partial charge is 0.289 e. The molecule has 29 heavy (non-hydrogen) atoms. The quantitative estimate of drug-likeness (QED) is 0.666. The van der Waals surface area contributed by atoms with Crippen LogP contribution < -0.4 is 5.32 Å². The third-order valence-electron chi connectivity index (χ3n) is 4.78. The molecule has 2 amide bonds. The molecule has 0 saturated carbocycles. The van der Waals surface area contributed by atoms with Gasteiger partial charge in [-0.2, -0.15) is 0 Å². The summed E-state index contributed by atoms with van der Waals surface area (Å²) in [5, 5.41) is 13.9. The highest BCUT2D eigenvalue weighted by Gasteiger charge is 2.41. The average Bonchev–Trinajstić information content (AvgIpc) is 2.92. The van der Waals surface area contributed by atoms with Crippen molar-refractivity contribution < 1.29 is 19.1 Å². The van der Waals surface area contributed by atoms with Crippen LogP contribution in [0.3, 0.4) is 0 Å². The first-order chi connectivity index (χ1) is 13.8. The molecular weight excluding hydrogens is 418 g/mol. The fourth-order valence-electron chi connectivity index (χ4n) is 3.27. The van der Waals surface area contributed by atoms with Crippen molar-refractivity contribution in [1.82, 2.24) is 10.2 Å². The van der Waals surface area contributed by atoms with E-state index in [-0.39, 0.29) is 5.57 Å². The van der Waals surface area contributed by atoms with Gasteiger partial charge in [-0.1, -0.05) is 41.4 Å². The van der Waals surface area contributed by atoms with Gasteiger partial charge in [-0.05, 0) is 48.2 Å². The van der Waals surface area contributed by atoms with Gasteiger partial charge in [0.2, 0.25) is 0 Å². The number of nitrogens with one attached hydrogen (secondary N) is 1. The number of aliphatic hydroxyl groups is 1. The Morgan fingerprint density at radius 2 is 1.86 bits per heavy atom. The Morgan fingerprint density at radius 3 is 2.52 bits per heavy atom. The molecule has 2 aromatic carbocycles. The summed E-state index contributed by atoms with van der Waals surface area (Å²) >= 11 is 11.9. The standard InChI is InChI=1S/C21H19Cl2FN2O3/c1-26-18(13-5-7-14(24)8-6-13)17(19(27)21(26)29)20(28)25-10-2-3-12-4-9-15(22)16(23)11-12/h4-9,11,18,27H,2-3,10H2,1H3,(H,25,28). The zero-order chi connectivity index (χ0) is 21.1. The lowest BCUT2D eigenvalue weighted by Crippen LogP contribution is -2.31. The summed E-state index contributed by atoms with van der Waals surface area (Å²) < 4.78 is 13.2. The number of rotatable bonds is 6. The van der Waals surface area contributed by atoms with E-state index in [0.717, 1.165) is 5.56 Å². The molecule has 5 nitrogen and oxygen atoms in total. The van der Waals surface area contributed by atoms with Crippen LogP contribution in [0.5, 0.6) is 0 Å². The number of likely N-dealkylation sites (N-methyl/N-ethyl adjacent to an activating group) is 1. The Morgan fingerprint density at radius 1 is 1.17 bits per heavy atom. The van der Waals surface area contributed by atoms with E-state index < -0.39 is 29.4 Å². The van der Waals surface area contributed by atoms with Gasteiger partial charge in [0.1, 0.15) is 5.82 Å². The first-order valence-electron chi connectivity index (χ1n) is 8.97. The lowest BCUT2D eigenvalue weighted by atomic mass is 9.99. The predicted octanol–water partition coefficient (Wildman–Crippen LogP) is 4.21. The van der Waals surface area contributed by atoms with Gasteiger partial charge in [0.25, 0.3) is 11.8 Å². The maximum Gasteiger partial charge on any atom is 0.289 e. The maximum absolute atomic E-state index is 13.2. The van der Waals surface area contributed by atoms with Gasteiger partial charge in [-0.15, -0.1) is 0 Å². The van der Waals surface area contributed by atoms with Gasteiger partial charge >= 0.3 is 0 Å². The molecule has 2 N–H and O–H groups in total. The molecule has 1 atom stereocenters. The van der Waals surface area contributed by atoms with E-state index in [9.17, 15) is 19.1 Å². The van der Waals surface area contributed by atoms with Gasteiger partial charge in [0.05, 0.1) is 21.7 Å². The molecule has 8 heteroatoms. The molecule has 0 bridgehead atoms. The number of carbonyl (C=O) groups is 2. The number of aryl methyl sites for hydroxylation is 1. The van der Waals surface area contributed by atoms with Gasteiger partial charge in [-0.3, -0.25) is 9.59 Å². The summed E-state index contributed by atoms with van der Waals surface area (Å²) in [5.41, 5.74) is 1.47. The molecule has 0 radical (unpaired) electrons. The summed E-state index contributed by atoms with van der Waals surface area (Å²) in [7, 11) is 1.48. The van der Waals surface area contributed by atoms with Crippen LogP contribution in [0.2, 0.25) is 10.0 Å². The van der Waals surface area contributed by atoms with Crippen molar-refractivity contribution in [1.29, 1.82) is 0 Å². The zero-order valence-electron chi connectivity index (χ0n) is 15.6. The molecule has 1 heterocycles. The fraction of sp³-hybridized carbons (Fsp3) is 0.238.